The van der Waals surface area contributed by atoms with Crippen molar-refractivity contribution in [2.24, 2.45) is 11.8 Å². The molecule has 0 unspecified atom stereocenters. The van der Waals surface area contributed by atoms with Crippen LogP contribution in [0.2, 0.25) is 5.02 Å². The smallest absolute Gasteiger partial charge is 0.337 e. The minimum absolute atomic E-state index is 0.0510. The SMILES string of the molecule is CCOC(=O)C1CCN(C(=O)C2CCN(c3ncc(C(=O)O)cc3Cl)CC2)CC1. The van der Waals surface area contributed by atoms with Crippen molar-refractivity contribution in [3.8, 4) is 0 Å². The number of rotatable bonds is 5. The zero-order valence-electron chi connectivity index (χ0n) is 16.5. The Morgan fingerprint density at radius 1 is 1.14 bits per heavy atom. The highest BCUT2D eigenvalue weighted by Crippen LogP contribution is 2.30. The van der Waals surface area contributed by atoms with Crippen LogP contribution in [0, 0.1) is 11.8 Å². The summed E-state index contributed by atoms with van der Waals surface area (Å²) in [7, 11) is 0. The Kier molecular flexibility index (Phi) is 6.95. The second kappa shape index (κ2) is 9.43. The minimum atomic E-state index is -1.07. The number of carbonyl (C=O) groups is 3. The van der Waals surface area contributed by atoms with Crippen LogP contribution in [-0.4, -0.2) is 65.6 Å². The molecule has 0 saturated carbocycles. The number of hydrogen-bond acceptors (Lipinski definition) is 6. The molecule has 158 valence electrons. The Morgan fingerprint density at radius 3 is 2.31 bits per heavy atom. The molecule has 2 aliphatic rings. The quantitative estimate of drug-likeness (QED) is 0.726. The summed E-state index contributed by atoms with van der Waals surface area (Å²) in [5, 5.41) is 9.33. The van der Waals surface area contributed by atoms with E-state index < -0.39 is 5.97 Å². The molecule has 2 saturated heterocycles. The highest BCUT2D eigenvalue weighted by atomic mass is 35.5. The van der Waals surface area contributed by atoms with E-state index in [0.29, 0.717) is 69.3 Å². The van der Waals surface area contributed by atoms with Gasteiger partial charge in [0.1, 0.15) is 5.82 Å². The summed E-state index contributed by atoms with van der Waals surface area (Å²) in [6.07, 6.45) is 3.98. The van der Waals surface area contributed by atoms with Crippen LogP contribution in [0.15, 0.2) is 12.3 Å². The van der Waals surface area contributed by atoms with Gasteiger partial charge in [0.15, 0.2) is 0 Å². The highest BCUT2D eigenvalue weighted by Gasteiger charge is 2.33. The molecule has 0 spiro atoms. The molecule has 3 rings (SSSR count). The van der Waals surface area contributed by atoms with Gasteiger partial charge in [0.25, 0.3) is 0 Å². The molecule has 0 radical (unpaired) electrons. The third-order valence-electron chi connectivity index (χ3n) is 5.64. The number of piperidine rings is 2. The number of ether oxygens (including phenoxy) is 1. The lowest BCUT2D eigenvalue weighted by atomic mass is 9.92. The first kappa shape index (κ1) is 21.4. The topological polar surface area (TPSA) is 100 Å². The van der Waals surface area contributed by atoms with Crippen molar-refractivity contribution >= 4 is 35.3 Å². The van der Waals surface area contributed by atoms with Crippen molar-refractivity contribution in [1.82, 2.24) is 9.88 Å². The first-order valence-electron chi connectivity index (χ1n) is 10.00. The first-order chi connectivity index (χ1) is 13.9. The van der Waals surface area contributed by atoms with Crippen molar-refractivity contribution in [3.05, 3.63) is 22.8 Å². The van der Waals surface area contributed by atoms with E-state index >= 15 is 0 Å². The van der Waals surface area contributed by atoms with Crippen LogP contribution < -0.4 is 4.90 Å². The van der Waals surface area contributed by atoms with Crippen molar-refractivity contribution in [3.63, 3.8) is 0 Å². The molecule has 9 heteroatoms. The van der Waals surface area contributed by atoms with Gasteiger partial charge in [-0.1, -0.05) is 11.6 Å². The van der Waals surface area contributed by atoms with Crippen LogP contribution in [0.1, 0.15) is 43.0 Å². The molecular weight excluding hydrogens is 398 g/mol. The van der Waals surface area contributed by atoms with Gasteiger partial charge in [0, 0.05) is 38.3 Å². The standard InChI is InChI=1S/C20H26ClN3O5/c1-2-29-20(28)14-5-9-24(10-6-14)18(25)13-3-7-23(8-4-13)17-16(21)11-15(12-22-17)19(26)27/h11-14H,2-10H2,1H3,(H,26,27). The zero-order valence-corrected chi connectivity index (χ0v) is 17.2. The Labute approximate surface area is 174 Å². The summed E-state index contributed by atoms with van der Waals surface area (Å²) in [6.45, 7) is 4.63. The molecule has 1 N–H and O–H groups in total. The molecule has 8 nitrogen and oxygen atoms in total. The van der Waals surface area contributed by atoms with Gasteiger partial charge in [-0.15, -0.1) is 0 Å². The second-order valence-electron chi connectivity index (χ2n) is 7.45. The summed E-state index contributed by atoms with van der Waals surface area (Å²) < 4.78 is 5.08. The number of likely N-dealkylation sites (tertiary alicyclic amines) is 1. The van der Waals surface area contributed by atoms with E-state index in [9.17, 15) is 14.4 Å². The van der Waals surface area contributed by atoms with Gasteiger partial charge in [-0.05, 0) is 38.7 Å². The molecule has 29 heavy (non-hydrogen) atoms. The number of anilines is 1. The van der Waals surface area contributed by atoms with Gasteiger partial charge in [0.2, 0.25) is 5.91 Å². The van der Waals surface area contributed by atoms with Gasteiger partial charge >= 0.3 is 11.9 Å². The monoisotopic (exact) mass is 423 g/mol. The molecule has 3 heterocycles. The van der Waals surface area contributed by atoms with Crippen LogP contribution in [0.3, 0.4) is 0 Å². The third kappa shape index (κ3) is 4.98. The molecule has 0 bridgehead atoms. The number of pyridine rings is 1. The van der Waals surface area contributed by atoms with E-state index in [1.54, 1.807) is 6.92 Å². The zero-order chi connectivity index (χ0) is 21.0. The maximum atomic E-state index is 12.9. The van der Waals surface area contributed by atoms with Crippen LogP contribution in [0.5, 0.6) is 0 Å². The fourth-order valence-corrected chi connectivity index (χ4v) is 4.26. The number of carboxylic acids is 1. The largest absolute Gasteiger partial charge is 0.478 e. The van der Waals surface area contributed by atoms with E-state index in [4.69, 9.17) is 21.4 Å². The summed E-state index contributed by atoms with van der Waals surface area (Å²) in [5.74, 6) is -0.691. The van der Waals surface area contributed by atoms with E-state index in [0.717, 1.165) is 0 Å². The number of halogens is 1. The molecular formula is C20H26ClN3O5. The number of amides is 1. The summed E-state index contributed by atoms with van der Waals surface area (Å²) in [6, 6.07) is 1.40. The lowest BCUT2D eigenvalue weighted by Crippen LogP contribution is -2.46. The Balaban J connectivity index is 1.51. The third-order valence-corrected chi connectivity index (χ3v) is 5.92. The highest BCUT2D eigenvalue weighted by molar-refractivity contribution is 6.33. The van der Waals surface area contributed by atoms with E-state index in [-0.39, 0.29) is 29.3 Å². The summed E-state index contributed by atoms with van der Waals surface area (Å²) in [5.41, 5.74) is 0.0510. The van der Waals surface area contributed by atoms with Crippen molar-refractivity contribution in [2.75, 3.05) is 37.7 Å². The summed E-state index contributed by atoms with van der Waals surface area (Å²) >= 11 is 6.21. The van der Waals surface area contributed by atoms with Crippen molar-refractivity contribution in [1.29, 1.82) is 0 Å². The number of carbonyl (C=O) groups excluding carboxylic acids is 2. The van der Waals surface area contributed by atoms with Gasteiger partial charge in [-0.25, -0.2) is 9.78 Å². The van der Waals surface area contributed by atoms with Crippen molar-refractivity contribution in [2.45, 2.75) is 32.6 Å². The van der Waals surface area contributed by atoms with Crippen LogP contribution in [0.25, 0.3) is 0 Å². The van der Waals surface area contributed by atoms with E-state index in [2.05, 4.69) is 4.98 Å². The maximum absolute atomic E-state index is 12.9. The second-order valence-corrected chi connectivity index (χ2v) is 7.85. The average Bonchev–Trinajstić information content (AvgIpc) is 2.73. The Bertz CT molecular complexity index is 771. The Hall–Kier alpha value is -2.35. The number of nitrogens with zero attached hydrogens (tertiary/aromatic N) is 3. The fourth-order valence-electron chi connectivity index (χ4n) is 3.97. The molecule has 0 atom stereocenters. The number of aromatic nitrogens is 1. The van der Waals surface area contributed by atoms with Gasteiger partial charge in [-0.2, -0.15) is 0 Å². The lowest BCUT2D eigenvalue weighted by Gasteiger charge is -2.37. The number of hydrogen-bond donors (Lipinski definition) is 1. The molecule has 1 amide bonds. The number of aromatic carboxylic acids is 1. The summed E-state index contributed by atoms with van der Waals surface area (Å²) in [4.78, 5) is 43.8. The minimum Gasteiger partial charge on any atom is -0.478 e. The molecule has 1 aromatic rings. The van der Waals surface area contributed by atoms with Crippen LogP contribution >= 0.6 is 11.6 Å². The first-order valence-corrected chi connectivity index (χ1v) is 10.4. The lowest BCUT2D eigenvalue weighted by molar-refractivity contribution is -0.151. The molecule has 0 aromatic carbocycles. The van der Waals surface area contributed by atoms with Gasteiger partial charge < -0.3 is 19.6 Å². The van der Waals surface area contributed by atoms with E-state index in [1.807, 2.05) is 9.80 Å². The van der Waals surface area contributed by atoms with Crippen LogP contribution in [-0.2, 0) is 14.3 Å². The van der Waals surface area contributed by atoms with E-state index in [1.165, 1.54) is 12.3 Å². The van der Waals surface area contributed by atoms with Gasteiger partial charge in [0.05, 0.1) is 23.1 Å². The predicted molar refractivity (Wildman–Crippen MR) is 107 cm³/mol. The predicted octanol–water partition coefficient (Wildman–Crippen LogP) is 2.45. The number of carboxylic acid groups (broad SMARTS) is 1. The maximum Gasteiger partial charge on any atom is 0.337 e. The molecule has 1 aromatic heterocycles. The molecule has 2 fully saturated rings. The van der Waals surface area contributed by atoms with Crippen molar-refractivity contribution < 1.29 is 24.2 Å². The Morgan fingerprint density at radius 2 is 1.76 bits per heavy atom. The molecule has 2 aliphatic heterocycles. The van der Waals surface area contributed by atoms with Crippen LogP contribution in [0.4, 0.5) is 5.82 Å². The normalized spacial score (nSPS) is 18.6. The average molecular weight is 424 g/mol. The van der Waals surface area contributed by atoms with Gasteiger partial charge in [-0.3, -0.25) is 9.59 Å². The number of esters is 1. The molecule has 0 aliphatic carbocycles. The fraction of sp³-hybridized carbons (Fsp3) is 0.600.